The number of anilines is 1. The van der Waals surface area contributed by atoms with Crippen LogP contribution in [-0.4, -0.2) is 27.4 Å². The van der Waals surface area contributed by atoms with Crippen LogP contribution in [0.3, 0.4) is 0 Å². The Hall–Kier alpha value is -3.71. The lowest BCUT2D eigenvalue weighted by atomic mass is 10.2. The Morgan fingerprint density at radius 3 is 2.23 bits per heavy atom. The van der Waals surface area contributed by atoms with Gasteiger partial charge in [0.2, 0.25) is 10.7 Å². The third-order valence-electron chi connectivity index (χ3n) is 4.55. The second-order valence-electron chi connectivity index (χ2n) is 6.58. The number of methoxy groups -OCH3 is 1. The first-order chi connectivity index (χ1) is 14.7. The molecule has 0 fully saturated rings. The highest BCUT2D eigenvalue weighted by atomic mass is 32.1. The lowest BCUT2D eigenvalue weighted by Crippen LogP contribution is -2.19. The molecule has 0 saturated carbocycles. The fraction of sp³-hybridized carbons (Fsp3) is 0.0870. The van der Waals surface area contributed by atoms with Crippen LogP contribution in [0.1, 0.15) is 0 Å². The summed E-state index contributed by atoms with van der Waals surface area (Å²) >= 11 is 5.68. The zero-order chi connectivity index (χ0) is 20.9. The summed E-state index contributed by atoms with van der Waals surface area (Å²) in [4.78, 5) is 12.6. The Balaban J connectivity index is 1.66. The van der Waals surface area contributed by atoms with E-state index in [1.165, 1.54) is 0 Å². The van der Waals surface area contributed by atoms with Crippen molar-refractivity contribution in [1.82, 2.24) is 14.3 Å². The zero-order valence-electron chi connectivity index (χ0n) is 16.4. The topological polar surface area (TPSA) is 61.1 Å². The van der Waals surface area contributed by atoms with Crippen LogP contribution in [-0.2, 0) is 11.3 Å². The number of ether oxygens (including phenoxy) is 1. The Bertz CT molecular complexity index is 1200. The number of nitrogens with one attached hydrogen (secondary N) is 1. The van der Waals surface area contributed by atoms with Gasteiger partial charge in [0.15, 0.2) is 5.82 Å². The third-order valence-corrected chi connectivity index (χ3v) is 4.95. The van der Waals surface area contributed by atoms with Crippen LogP contribution in [0.15, 0.2) is 84.9 Å². The van der Waals surface area contributed by atoms with Gasteiger partial charge in [0.05, 0.1) is 7.11 Å². The standard InChI is InChI=1S/C23H20N4O2S/c1-29-20-14-12-18(13-15-20)24-21(28)16-26-23(30)27(19-10-6-3-7-11-19)22(25-26)17-8-4-2-5-9-17/h2-15H,16H2,1H3,(H,24,28). The van der Waals surface area contributed by atoms with Gasteiger partial charge in [-0.05, 0) is 48.6 Å². The van der Waals surface area contributed by atoms with Crippen LogP contribution in [0.2, 0.25) is 0 Å². The molecule has 7 heteroatoms. The average Bonchev–Trinajstić information content (AvgIpc) is 3.11. The molecule has 3 aromatic carbocycles. The molecule has 4 rings (SSSR count). The maximum absolute atomic E-state index is 12.6. The Morgan fingerprint density at radius 2 is 1.60 bits per heavy atom. The molecule has 0 atom stereocenters. The molecule has 0 spiro atoms. The molecule has 0 bridgehead atoms. The zero-order valence-corrected chi connectivity index (χ0v) is 17.2. The number of para-hydroxylation sites is 1. The molecule has 1 aromatic heterocycles. The molecular formula is C23H20N4O2S. The van der Waals surface area contributed by atoms with Crippen molar-refractivity contribution < 1.29 is 9.53 Å². The number of hydrogen-bond donors (Lipinski definition) is 1. The van der Waals surface area contributed by atoms with Gasteiger partial charge in [-0.2, -0.15) is 5.10 Å². The fourth-order valence-corrected chi connectivity index (χ4v) is 3.40. The minimum absolute atomic E-state index is 0.00449. The van der Waals surface area contributed by atoms with Crippen molar-refractivity contribution in [1.29, 1.82) is 0 Å². The highest BCUT2D eigenvalue weighted by Gasteiger charge is 2.16. The summed E-state index contributed by atoms with van der Waals surface area (Å²) in [5.74, 6) is 1.20. The van der Waals surface area contributed by atoms with E-state index in [-0.39, 0.29) is 12.5 Å². The number of aromatic nitrogens is 3. The van der Waals surface area contributed by atoms with Crippen molar-refractivity contribution in [2.24, 2.45) is 0 Å². The first kappa shape index (κ1) is 19.6. The maximum Gasteiger partial charge on any atom is 0.246 e. The Morgan fingerprint density at radius 1 is 0.967 bits per heavy atom. The summed E-state index contributed by atoms with van der Waals surface area (Å²) < 4.78 is 9.02. The smallest absolute Gasteiger partial charge is 0.246 e. The number of rotatable bonds is 6. The first-order valence-electron chi connectivity index (χ1n) is 9.40. The van der Waals surface area contributed by atoms with Crippen molar-refractivity contribution >= 4 is 23.8 Å². The van der Waals surface area contributed by atoms with Gasteiger partial charge in [-0.25, -0.2) is 4.68 Å². The van der Waals surface area contributed by atoms with Gasteiger partial charge in [-0.3, -0.25) is 9.36 Å². The van der Waals surface area contributed by atoms with E-state index < -0.39 is 0 Å². The molecule has 1 heterocycles. The Labute approximate surface area is 179 Å². The van der Waals surface area contributed by atoms with Crippen LogP contribution >= 0.6 is 12.2 Å². The second-order valence-corrected chi connectivity index (χ2v) is 6.94. The van der Waals surface area contributed by atoms with E-state index in [1.807, 2.05) is 65.2 Å². The number of carbonyl (C=O) groups is 1. The second kappa shape index (κ2) is 8.75. The van der Waals surface area contributed by atoms with Crippen molar-refractivity contribution in [2.75, 3.05) is 12.4 Å². The largest absolute Gasteiger partial charge is 0.497 e. The predicted octanol–water partition coefficient (Wildman–Crippen LogP) is 4.72. The van der Waals surface area contributed by atoms with Crippen molar-refractivity contribution in [3.05, 3.63) is 89.7 Å². The third kappa shape index (κ3) is 4.16. The summed E-state index contributed by atoms with van der Waals surface area (Å²) in [6, 6.07) is 26.7. The number of benzene rings is 3. The highest BCUT2D eigenvalue weighted by Crippen LogP contribution is 2.22. The lowest BCUT2D eigenvalue weighted by molar-refractivity contribution is -0.116. The van der Waals surface area contributed by atoms with E-state index in [1.54, 1.807) is 36.1 Å². The van der Waals surface area contributed by atoms with Crippen LogP contribution in [0.5, 0.6) is 5.75 Å². The number of amides is 1. The van der Waals surface area contributed by atoms with E-state index in [4.69, 9.17) is 17.0 Å². The summed E-state index contributed by atoms with van der Waals surface area (Å²) in [5.41, 5.74) is 2.49. The molecule has 4 aromatic rings. The van der Waals surface area contributed by atoms with Gasteiger partial charge in [-0.15, -0.1) is 0 Å². The quantitative estimate of drug-likeness (QED) is 0.462. The fourth-order valence-electron chi connectivity index (χ4n) is 3.11. The molecule has 0 aliphatic heterocycles. The summed E-state index contributed by atoms with van der Waals surface area (Å²) in [7, 11) is 1.60. The molecule has 150 valence electrons. The summed E-state index contributed by atoms with van der Waals surface area (Å²) in [6.07, 6.45) is 0. The average molecular weight is 417 g/mol. The van der Waals surface area contributed by atoms with Crippen LogP contribution in [0, 0.1) is 4.77 Å². The molecule has 6 nitrogen and oxygen atoms in total. The molecule has 0 unspecified atom stereocenters. The van der Waals surface area contributed by atoms with Crippen LogP contribution in [0.25, 0.3) is 17.1 Å². The summed E-state index contributed by atoms with van der Waals surface area (Å²) in [5, 5.41) is 7.53. The molecular weight excluding hydrogens is 396 g/mol. The lowest BCUT2D eigenvalue weighted by Gasteiger charge is -2.07. The summed E-state index contributed by atoms with van der Waals surface area (Å²) in [6.45, 7) is 0.00449. The number of hydrogen-bond acceptors (Lipinski definition) is 4. The molecule has 0 radical (unpaired) electrons. The minimum Gasteiger partial charge on any atom is -0.497 e. The van der Waals surface area contributed by atoms with E-state index in [0.717, 1.165) is 17.0 Å². The predicted molar refractivity (Wildman–Crippen MR) is 119 cm³/mol. The van der Waals surface area contributed by atoms with E-state index >= 15 is 0 Å². The van der Waals surface area contributed by atoms with Crippen molar-refractivity contribution in [3.63, 3.8) is 0 Å². The Kier molecular flexibility index (Phi) is 5.72. The molecule has 1 N–H and O–H groups in total. The van der Waals surface area contributed by atoms with Crippen LogP contribution in [0.4, 0.5) is 5.69 Å². The number of nitrogens with zero attached hydrogens (tertiary/aromatic N) is 3. The van der Waals surface area contributed by atoms with Gasteiger partial charge < -0.3 is 10.1 Å². The maximum atomic E-state index is 12.6. The van der Waals surface area contributed by atoms with Gasteiger partial charge in [0.1, 0.15) is 12.3 Å². The normalized spacial score (nSPS) is 10.6. The molecule has 0 saturated heterocycles. The van der Waals surface area contributed by atoms with Gasteiger partial charge >= 0.3 is 0 Å². The first-order valence-corrected chi connectivity index (χ1v) is 9.81. The van der Waals surface area contributed by atoms with Crippen LogP contribution < -0.4 is 10.1 Å². The molecule has 0 aliphatic rings. The molecule has 0 aliphatic carbocycles. The number of carbonyl (C=O) groups excluding carboxylic acids is 1. The highest BCUT2D eigenvalue weighted by molar-refractivity contribution is 7.71. The van der Waals surface area contributed by atoms with Gasteiger partial charge in [0.25, 0.3) is 0 Å². The van der Waals surface area contributed by atoms with E-state index in [9.17, 15) is 4.79 Å². The SMILES string of the molecule is COc1ccc(NC(=O)Cn2nc(-c3ccccc3)n(-c3ccccc3)c2=S)cc1. The monoisotopic (exact) mass is 416 g/mol. The molecule has 30 heavy (non-hydrogen) atoms. The van der Waals surface area contributed by atoms with Gasteiger partial charge in [-0.1, -0.05) is 48.5 Å². The van der Waals surface area contributed by atoms with E-state index in [0.29, 0.717) is 16.3 Å². The van der Waals surface area contributed by atoms with Crippen molar-refractivity contribution in [3.8, 4) is 22.8 Å². The van der Waals surface area contributed by atoms with Gasteiger partial charge in [0, 0.05) is 16.9 Å². The van der Waals surface area contributed by atoms with E-state index in [2.05, 4.69) is 10.4 Å². The molecule has 1 amide bonds. The van der Waals surface area contributed by atoms with Crippen molar-refractivity contribution in [2.45, 2.75) is 6.54 Å². The minimum atomic E-state index is -0.214.